The zero-order valence-corrected chi connectivity index (χ0v) is 12.3. The Labute approximate surface area is 115 Å². The molecule has 0 bridgehead atoms. The van der Waals surface area contributed by atoms with Crippen LogP contribution in [0.25, 0.3) is 0 Å². The van der Waals surface area contributed by atoms with Crippen molar-refractivity contribution in [3.63, 3.8) is 0 Å². The number of guanidine groups is 1. The van der Waals surface area contributed by atoms with Crippen LogP contribution in [0.1, 0.15) is 25.5 Å². The molecule has 0 spiro atoms. The molecule has 1 aromatic heterocycles. The minimum atomic E-state index is 0.502. The first-order valence-corrected chi connectivity index (χ1v) is 6.52. The smallest absolute Gasteiger partial charge is 0.191 e. The standard InChI is InChI=1S/C13H24N6/c1-6-7-14-13(15-8-10(2)3)16-9-12-18-17-11(4)19(12)5/h6,10H,1,7-9H2,2-5H3,(H2,14,15,16). The van der Waals surface area contributed by atoms with Gasteiger partial charge in [0.2, 0.25) is 0 Å². The molecule has 6 heteroatoms. The van der Waals surface area contributed by atoms with Crippen LogP contribution in [-0.4, -0.2) is 33.8 Å². The fourth-order valence-corrected chi connectivity index (χ4v) is 1.38. The lowest BCUT2D eigenvalue weighted by atomic mass is 10.2. The summed E-state index contributed by atoms with van der Waals surface area (Å²) in [6.45, 7) is 12.0. The van der Waals surface area contributed by atoms with Gasteiger partial charge in [-0.1, -0.05) is 19.9 Å². The van der Waals surface area contributed by atoms with E-state index in [9.17, 15) is 0 Å². The molecule has 0 unspecified atom stereocenters. The first-order chi connectivity index (χ1) is 9.04. The van der Waals surface area contributed by atoms with E-state index in [1.807, 2.05) is 18.5 Å². The van der Waals surface area contributed by atoms with E-state index < -0.39 is 0 Å². The highest BCUT2D eigenvalue weighted by Gasteiger charge is 2.05. The maximum atomic E-state index is 4.50. The summed E-state index contributed by atoms with van der Waals surface area (Å²) in [5, 5.41) is 14.6. The topological polar surface area (TPSA) is 67.1 Å². The zero-order chi connectivity index (χ0) is 14.3. The molecule has 19 heavy (non-hydrogen) atoms. The van der Waals surface area contributed by atoms with Crippen molar-refractivity contribution in [3.8, 4) is 0 Å². The predicted molar refractivity (Wildman–Crippen MR) is 77.9 cm³/mol. The number of rotatable bonds is 6. The molecule has 0 amide bonds. The molecule has 0 aliphatic heterocycles. The Morgan fingerprint density at radius 1 is 1.42 bits per heavy atom. The van der Waals surface area contributed by atoms with E-state index in [4.69, 9.17) is 0 Å². The predicted octanol–water partition coefficient (Wildman–Crippen LogP) is 1.00. The second kappa shape index (κ2) is 7.56. The Morgan fingerprint density at radius 3 is 2.68 bits per heavy atom. The van der Waals surface area contributed by atoms with Gasteiger partial charge in [0.25, 0.3) is 0 Å². The molecule has 0 aliphatic rings. The summed E-state index contributed by atoms with van der Waals surface area (Å²) in [6, 6.07) is 0. The molecule has 0 radical (unpaired) electrons. The van der Waals surface area contributed by atoms with E-state index in [0.29, 0.717) is 19.0 Å². The van der Waals surface area contributed by atoms with Crippen LogP contribution in [0.4, 0.5) is 0 Å². The molecule has 2 N–H and O–H groups in total. The first-order valence-electron chi connectivity index (χ1n) is 6.52. The Bertz CT molecular complexity index is 432. The van der Waals surface area contributed by atoms with Crippen LogP contribution in [0, 0.1) is 12.8 Å². The normalized spacial score (nSPS) is 11.7. The van der Waals surface area contributed by atoms with Gasteiger partial charge in [-0.2, -0.15) is 0 Å². The number of hydrogen-bond donors (Lipinski definition) is 2. The van der Waals surface area contributed by atoms with Crippen LogP contribution in [0.5, 0.6) is 0 Å². The highest BCUT2D eigenvalue weighted by Crippen LogP contribution is 1.99. The lowest BCUT2D eigenvalue weighted by Gasteiger charge is -2.12. The van der Waals surface area contributed by atoms with Crippen LogP contribution in [0.3, 0.4) is 0 Å². The van der Waals surface area contributed by atoms with Gasteiger partial charge in [-0.15, -0.1) is 16.8 Å². The summed E-state index contributed by atoms with van der Waals surface area (Å²) in [5.41, 5.74) is 0. The number of aryl methyl sites for hydroxylation is 1. The number of hydrogen-bond acceptors (Lipinski definition) is 3. The highest BCUT2D eigenvalue weighted by atomic mass is 15.3. The SMILES string of the molecule is C=CCNC(=NCc1nnc(C)n1C)NCC(C)C. The van der Waals surface area contributed by atoms with E-state index in [0.717, 1.165) is 24.2 Å². The van der Waals surface area contributed by atoms with E-state index in [1.165, 1.54) is 0 Å². The van der Waals surface area contributed by atoms with Gasteiger partial charge in [0.15, 0.2) is 11.8 Å². The van der Waals surface area contributed by atoms with Crippen molar-refractivity contribution in [3.05, 3.63) is 24.3 Å². The van der Waals surface area contributed by atoms with Crippen LogP contribution >= 0.6 is 0 Å². The molecule has 1 rings (SSSR count). The Morgan fingerprint density at radius 2 is 2.16 bits per heavy atom. The van der Waals surface area contributed by atoms with Crippen LogP contribution in [-0.2, 0) is 13.6 Å². The van der Waals surface area contributed by atoms with Gasteiger partial charge in [0.05, 0.1) is 0 Å². The number of nitrogens with one attached hydrogen (secondary N) is 2. The summed E-state index contributed by atoms with van der Waals surface area (Å²) < 4.78 is 1.94. The third-order valence-electron chi connectivity index (χ3n) is 2.65. The van der Waals surface area contributed by atoms with Crippen LogP contribution in [0.2, 0.25) is 0 Å². The lowest BCUT2D eigenvalue weighted by molar-refractivity contribution is 0.615. The molecule has 1 heterocycles. The number of nitrogens with zero attached hydrogens (tertiary/aromatic N) is 4. The van der Waals surface area contributed by atoms with Crippen molar-refractivity contribution in [2.75, 3.05) is 13.1 Å². The second-order valence-corrected chi connectivity index (χ2v) is 4.83. The number of aromatic nitrogens is 3. The fourth-order valence-electron chi connectivity index (χ4n) is 1.38. The molecule has 0 saturated heterocycles. The van der Waals surface area contributed by atoms with Crippen molar-refractivity contribution in [1.29, 1.82) is 0 Å². The summed E-state index contributed by atoms with van der Waals surface area (Å²) in [5.74, 6) is 3.07. The van der Waals surface area contributed by atoms with Crippen molar-refractivity contribution in [1.82, 2.24) is 25.4 Å². The second-order valence-electron chi connectivity index (χ2n) is 4.83. The first kappa shape index (κ1) is 15.2. The largest absolute Gasteiger partial charge is 0.356 e. The maximum absolute atomic E-state index is 4.50. The monoisotopic (exact) mass is 264 g/mol. The highest BCUT2D eigenvalue weighted by molar-refractivity contribution is 5.79. The molecule has 0 atom stereocenters. The molecule has 0 aromatic carbocycles. The summed E-state index contributed by atoms with van der Waals surface area (Å²) in [4.78, 5) is 4.50. The zero-order valence-electron chi connectivity index (χ0n) is 12.3. The summed E-state index contributed by atoms with van der Waals surface area (Å²) in [7, 11) is 1.94. The Hall–Kier alpha value is -1.85. The third kappa shape index (κ3) is 5.11. The van der Waals surface area contributed by atoms with E-state index in [-0.39, 0.29) is 0 Å². The summed E-state index contributed by atoms with van der Waals surface area (Å²) in [6.07, 6.45) is 1.80. The molecule has 0 fully saturated rings. The summed E-state index contributed by atoms with van der Waals surface area (Å²) >= 11 is 0. The molecule has 106 valence electrons. The fraction of sp³-hybridized carbons (Fsp3) is 0.615. The van der Waals surface area contributed by atoms with Gasteiger partial charge in [-0.3, -0.25) is 0 Å². The minimum Gasteiger partial charge on any atom is -0.356 e. The average molecular weight is 264 g/mol. The quantitative estimate of drug-likeness (QED) is 0.457. The van der Waals surface area contributed by atoms with Gasteiger partial charge in [0.1, 0.15) is 12.4 Å². The van der Waals surface area contributed by atoms with Crippen LogP contribution in [0.15, 0.2) is 17.6 Å². The van der Waals surface area contributed by atoms with Crippen molar-refractivity contribution in [2.45, 2.75) is 27.3 Å². The molecular weight excluding hydrogens is 240 g/mol. The van der Waals surface area contributed by atoms with Gasteiger partial charge < -0.3 is 15.2 Å². The molecule has 0 saturated carbocycles. The Balaban J connectivity index is 2.64. The molecule has 1 aromatic rings. The lowest BCUT2D eigenvalue weighted by Crippen LogP contribution is -2.39. The number of aliphatic imine (C=N–C) groups is 1. The Kier molecular flexibility index (Phi) is 6.05. The minimum absolute atomic E-state index is 0.502. The molecule has 6 nitrogen and oxygen atoms in total. The molecular formula is C13H24N6. The van der Waals surface area contributed by atoms with Gasteiger partial charge in [-0.05, 0) is 12.8 Å². The van der Waals surface area contributed by atoms with E-state index in [2.05, 4.69) is 46.2 Å². The van der Waals surface area contributed by atoms with Gasteiger partial charge in [-0.25, -0.2) is 4.99 Å². The van der Waals surface area contributed by atoms with E-state index >= 15 is 0 Å². The van der Waals surface area contributed by atoms with Gasteiger partial charge >= 0.3 is 0 Å². The van der Waals surface area contributed by atoms with Crippen molar-refractivity contribution < 1.29 is 0 Å². The third-order valence-corrected chi connectivity index (χ3v) is 2.65. The average Bonchev–Trinajstić information content (AvgIpc) is 2.69. The van der Waals surface area contributed by atoms with Crippen LogP contribution < -0.4 is 10.6 Å². The van der Waals surface area contributed by atoms with Crippen molar-refractivity contribution >= 4 is 5.96 Å². The molecule has 0 aliphatic carbocycles. The van der Waals surface area contributed by atoms with Gasteiger partial charge in [0, 0.05) is 20.1 Å². The maximum Gasteiger partial charge on any atom is 0.191 e. The van der Waals surface area contributed by atoms with Crippen molar-refractivity contribution in [2.24, 2.45) is 18.0 Å². The van der Waals surface area contributed by atoms with E-state index in [1.54, 1.807) is 6.08 Å².